The highest BCUT2D eigenvalue weighted by Crippen LogP contribution is 2.33. The molecule has 0 aromatic heterocycles. The highest BCUT2D eigenvalue weighted by Gasteiger charge is 2.10. The Balaban J connectivity index is 2.66. The lowest BCUT2D eigenvalue weighted by Gasteiger charge is -2.15. The minimum absolute atomic E-state index is 0.318. The van der Waals surface area contributed by atoms with Crippen LogP contribution in [0, 0.1) is 0 Å². The molecule has 0 aliphatic carbocycles. The van der Waals surface area contributed by atoms with Gasteiger partial charge in [-0.25, -0.2) is 0 Å². The topological polar surface area (TPSA) is 36.9 Å². The Morgan fingerprint density at radius 2 is 1.75 bits per heavy atom. The Labute approximate surface area is 104 Å². The number of methoxy groups -OCH3 is 3. The van der Waals surface area contributed by atoms with E-state index < -0.39 is 0 Å². The molecule has 90 valence electrons. The van der Waals surface area contributed by atoms with Crippen LogP contribution in [0.15, 0.2) is 22.7 Å². The SMILES string of the molecule is COc1cccc(OCC(OC)OC)c1Br. The molecule has 0 aliphatic rings. The lowest BCUT2D eigenvalue weighted by atomic mass is 10.3. The van der Waals surface area contributed by atoms with Crippen molar-refractivity contribution in [2.45, 2.75) is 6.29 Å². The number of ether oxygens (including phenoxy) is 4. The van der Waals surface area contributed by atoms with Crippen LogP contribution in [0.5, 0.6) is 11.5 Å². The fourth-order valence-electron chi connectivity index (χ4n) is 1.15. The molecule has 0 saturated heterocycles. The smallest absolute Gasteiger partial charge is 0.191 e. The molecule has 0 atom stereocenters. The Kier molecular flexibility index (Phi) is 5.59. The number of hydrogen-bond acceptors (Lipinski definition) is 4. The highest BCUT2D eigenvalue weighted by atomic mass is 79.9. The summed E-state index contributed by atoms with van der Waals surface area (Å²) in [4.78, 5) is 0. The van der Waals surface area contributed by atoms with Gasteiger partial charge >= 0.3 is 0 Å². The van der Waals surface area contributed by atoms with Gasteiger partial charge in [0.05, 0.1) is 7.11 Å². The minimum Gasteiger partial charge on any atom is -0.495 e. The van der Waals surface area contributed by atoms with Crippen LogP contribution in [0.3, 0.4) is 0 Å². The fraction of sp³-hybridized carbons (Fsp3) is 0.455. The highest BCUT2D eigenvalue weighted by molar-refractivity contribution is 9.10. The van der Waals surface area contributed by atoms with Crippen molar-refractivity contribution in [1.29, 1.82) is 0 Å². The van der Waals surface area contributed by atoms with E-state index in [-0.39, 0.29) is 6.29 Å². The van der Waals surface area contributed by atoms with E-state index in [1.165, 1.54) is 0 Å². The van der Waals surface area contributed by atoms with Crippen LogP contribution in [0.2, 0.25) is 0 Å². The molecular weight excluding hydrogens is 276 g/mol. The van der Waals surface area contributed by atoms with Crippen LogP contribution in [0.25, 0.3) is 0 Å². The summed E-state index contributed by atoms with van der Waals surface area (Å²) in [5, 5.41) is 0. The average Bonchev–Trinajstić information content (AvgIpc) is 2.32. The summed E-state index contributed by atoms with van der Waals surface area (Å²) in [7, 11) is 4.74. The first-order valence-corrected chi connectivity index (χ1v) is 5.53. The molecule has 5 heteroatoms. The van der Waals surface area contributed by atoms with Gasteiger partial charge in [0.2, 0.25) is 0 Å². The van der Waals surface area contributed by atoms with Crippen molar-refractivity contribution in [3.63, 3.8) is 0 Å². The molecule has 0 saturated carbocycles. The maximum absolute atomic E-state index is 5.55. The molecule has 4 nitrogen and oxygen atoms in total. The van der Waals surface area contributed by atoms with Crippen LogP contribution >= 0.6 is 15.9 Å². The van der Waals surface area contributed by atoms with Crippen molar-refractivity contribution >= 4 is 15.9 Å². The van der Waals surface area contributed by atoms with E-state index >= 15 is 0 Å². The van der Waals surface area contributed by atoms with Crippen LogP contribution in [-0.4, -0.2) is 34.2 Å². The van der Waals surface area contributed by atoms with Crippen LogP contribution in [0.4, 0.5) is 0 Å². The fourth-order valence-corrected chi connectivity index (χ4v) is 1.69. The summed E-state index contributed by atoms with van der Waals surface area (Å²) >= 11 is 3.40. The van der Waals surface area contributed by atoms with E-state index in [1.807, 2.05) is 18.2 Å². The number of hydrogen-bond donors (Lipinski definition) is 0. The second-order valence-corrected chi connectivity index (χ2v) is 3.78. The lowest BCUT2D eigenvalue weighted by Crippen LogP contribution is -2.22. The van der Waals surface area contributed by atoms with Gasteiger partial charge in [-0.05, 0) is 28.1 Å². The van der Waals surface area contributed by atoms with Gasteiger partial charge in [0.1, 0.15) is 22.6 Å². The number of halogens is 1. The van der Waals surface area contributed by atoms with Gasteiger partial charge in [-0.1, -0.05) is 6.07 Å². The van der Waals surface area contributed by atoms with Gasteiger partial charge < -0.3 is 18.9 Å². The molecule has 0 amide bonds. The molecular formula is C11H15BrO4. The molecule has 0 fully saturated rings. The van der Waals surface area contributed by atoms with Gasteiger partial charge in [-0.15, -0.1) is 0 Å². The Bertz CT molecular complexity index is 326. The minimum atomic E-state index is -0.377. The second-order valence-electron chi connectivity index (χ2n) is 2.98. The van der Waals surface area contributed by atoms with Crippen molar-refractivity contribution < 1.29 is 18.9 Å². The van der Waals surface area contributed by atoms with E-state index in [2.05, 4.69) is 15.9 Å². The normalized spacial score (nSPS) is 10.6. The van der Waals surface area contributed by atoms with E-state index in [0.717, 1.165) is 10.2 Å². The van der Waals surface area contributed by atoms with Crippen molar-refractivity contribution in [2.75, 3.05) is 27.9 Å². The van der Waals surface area contributed by atoms with E-state index in [1.54, 1.807) is 21.3 Å². The zero-order valence-electron chi connectivity index (χ0n) is 9.53. The van der Waals surface area contributed by atoms with E-state index in [4.69, 9.17) is 18.9 Å². The molecule has 0 spiro atoms. The first-order chi connectivity index (χ1) is 7.72. The van der Waals surface area contributed by atoms with Gasteiger partial charge in [0, 0.05) is 14.2 Å². The van der Waals surface area contributed by atoms with Crippen molar-refractivity contribution in [2.24, 2.45) is 0 Å². The zero-order chi connectivity index (χ0) is 12.0. The summed E-state index contributed by atoms with van der Waals surface area (Å²) in [5.41, 5.74) is 0. The van der Waals surface area contributed by atoms with Gasteiger partial charge in [-0.3, -0.25) is 0 Å². The largest absolute Gasteiger partial charge is 0.495 e. The molecule has 1 aromatic carbocycles. The zero-order valence-corrected chi connectivity index (χ0v) is 11.1. The molecule has 0 radical (unpaired) electrons. The summed E-state index contributed by atoms with van der Waals surface area (Å²) in [6.07, 6.45) is -0.377. The summed E-state index contributed by atoms with van der Waals surface area (Å²) in [6.45, 7) is 0.318. The van der Waals surface area contributed by atoms with Crippen molar-refractivity contribution in [1.82, 2.24) is 0 Å². The second kappa shape index (κ2) is 6.73. The molecule has 1 rings (SSSR count). The summed E-state index contributed by atoms with van der Waals surface area (Å²) in [6, 6.07) is 5.55. The predicted octanol–water partition coefficient (Wildman–Crippen LogP) is 2.46. The first kappa shape index (κ1) is 13.3. The molecule has 0 N–H and O–H groups in total. The third-order valence-electron chi connectivity index (χ3n) is 2.05. The average molecular weight is 291 g/mol. The summed E-state index contributed by atoms with van der Waals surface area (Å²) < 4.78 is 21.5. The van der Waals surface area contributed by atoms with E-state index in [0.29, 0.717) is 12.4 Å². The van der Waals surface area contributed by atoms with Crippen molar-refractivity contribution in [3.8, 4) is 11.5 Å². The van der Waals surface area contributed by atoms with Gasteiger partial charge in [0.15, 0.2) is 6.29 Å². The maximum Gasteiger partial charge on any atom is 0.191 e. The monoisotopic (exact) mass is 290 g/mol. The molecule has 0 heterocycles. The van der Waals surface area contributed by atoms with Gasteiger partial charge in [-0.2, -0.15) is 0 Å². The molecule has 0 bridgehead atoms. The lowest BCUT2D eigenvalue weighted by molar-refractivity contribution is -0.122. The van der Waals surface area contributed by atoms with Crippen LogP contribution in [-0.2, 0) is 9.47 Å². The standard InChI is InChI=1S/C11H15BrO4/c1-13-8-5-4-6-9(11(8)12)16-7-10(14-2)15-3/h4-6,10H,7H2,1-3H3. The van der Waals surface area contributed by atoms with Crippen molar-refractivity contribution in [3.05, 3.63) is 22.7 Å². The Hall–Kier alpha value is -0.780. The predicted molar refractivity (Wildman–Crippen MR) is 64.0 cm³/mol. The van der Waals surface area contributed by atoms with Crippen LogP contribution in [0.1, 0.15) is 0 Å². The Morgan fingerprint density at radius 1 is 1.12 bits per heavy atom. The molecule has 0 aliphatic heterocycles. The molecule has 1 aromatic rings. The first-order valence-electron chi connectivity index (χ1n) is 4.73. The quantitative estimate of drug-likeness (QED) is 0.754. The third-order valence-corrected chi connectivity index (χ3v) is 2.83. The maximum atomic E-state index is 5.55. The number of rotatable bonds is 6. The van der Waals surface area contributed by atoms with Crippen LogP contribution < -0.4 is 9.47 Å². The van der Waals surface area contributed by atoms with E-state index in [9.17, 15) is 0 Å². The third kappa shape index (κ3) is 3.37. The Morgan fingerprint density at radius 3 is 2.31 bits per heavy atom. The molecule has 16 heavy (non-hydrogen) atoms. The summed E-state index contributed by atoms with van der Waals surface area (Å²) in [5.74, 6) is 1.42. The van der Waals surface area contributed by atoms with Gasteiger partial charge in [0.25, 0.3) is 0 Å². The number of benzene rings is 1. The molecule has 0 unspecified atom stereocenters.